The Bertz CT molecular complexity index is 725. The molecule has 23 heavy (non-hydrogen) atoms. The number of hydrogen-bond donors (Lipinski definition) is 0. The molecule has 5 nitrogen and oxygen atoms in total. The Morgan fingerprint density at radius 3 is 3.04 bits per heavy atom. The number of likely N-dealkylation sites (tertiary alicyclic amines) is 1. The third-order valence-corrected chi connectivity index (χ3v) is 4.86. The molecule has 0 radical (unpaired) electrons. The second kappa shape index (κ2) is 5.72. The van der Waals surface area contributed by atoms with Gasteiger partial charge in [-0.1, -0.05) is 23.4 Å². The minimum absolute atomic E-state index is 0.0431. The molecule has 0 unspecified atom stereocenters. The number of carbonyl (C=O) groups excluding carboxylic acids is 1. The first-order valence-electron chi connectivity index (χ1n) is 8.28. The summed E-state index contributed by atoms with van der Waals surface area (Å²) in [6.45, 7) is 4.08. The summed E-state index contributed by atoms with van der Waals surface area (Å²) >= 11 is 0. The van der Waals surface area contributed by atoms with Crippen LogP contribution in [0, 0.1) is 6.92 Å². The molecule has 2 aliphatic rings. The molecule has 0 saturated carbocycles. The normalized spacial score (nSPS) is 20.1. The smallest absolute Gasteiger partial charge is 0.242 e. The summed E-state index contributed by atoms with van der Waals surface area (Å²) in [5, 5.41) is 3.96. The van der Waals surface area contributed by atoms with Crippen molar-refractivity contribution in [3.8, 4) is 0 Å². The van der Waals surface area contributed by atoms with Crippen molar-refractivity contribution in [2.75, 3.05) is 24.5 Å². The molecule has 1 saturated heterocycles. The molecule has 4 rings (SSSR count). The number of anilines is 1. The van der Waals surface area contributed by atoms with Crippen LogP contribution in [0.3, 0.4) is 0 Å². The first-order chi connectivity index (χ1) is 11.2. The minimum Gasteiger partial charge on any atom is -0.362 e. The predicted molar refractivity (Wildman–Crippen MR) is 87.3 cm³/mol. The van der Waals surface area contributed by atoms with Crippen LogP contribution in [0.1, 0.15) is 35.9 Å². The molecule has 5 heteroatoms. The predicted octanol–water partition coefficient (Wildman–Crippen LogP) is 2.71. The highest BCUT2D eigenvalue weighted by molar-refractivity contribution is 5.83. The molecule has 1 aromatic heterocycles. The number of amides is 1. The molecule has 120 valence electrons. The van der Waals surface area contributed by atoms with Gasteiger partial charge in [-0.2, -0.15) is 0 Å². The van der Waals surface area contributed by atoms with Gasteiger partial charge in [0.2, 0.25) is 5.91 Å². The summed E-state index contributed by atoms with van der Waals surface area (Å²) in [5.41, 5.74) is 3.41. The third kappa shape index (κ3) is 2.60. The molecule has 0 aliphatic carbocycles. The highest BCUT2D eigenvalue weighted by Gasteiger charge is 2.34. The average Bonchev–Trinajstić information content (AvgIpc) is 3.26. The number of para-hydroxylation sites is 1. The van der Waals surface area contributed by atoms with E-state index < -0.39 is 0 Å². The quantitative estimate of drug-likeness (QED) is 0.874. The van der Waals surface area contributed by atoms with E-state index in [0.717, 1.165) is 43.8 Å². The lowest BCUT2D eigenvalue weighted by atomic mass is 10.1. The van der Waals surface area contributed by atoms with Crippen molar-refractivity contribution in [2.24, 2.45) is 0 Å². The highest BCUT2D eigenvalue weighted by Crippen LogP contribution is 2.33. The van der Waals surface area contributed by atoms with Gasteiger partial charge in [-0.3, -0.25) is 4.79 Å². The molecule has 2 aromatic rings. The summed E-state index contributed by atoms with van der Waals surface area (Å²) in [7, 11) is 0. The lowest BCUT2D eigenvalue weighted by Crippen LogP contribution is -2.39. The number of rotatable bonds is 3. The number of aromatic nitrogens is 1. The number of carbonyl (C=O) groups is 1. The molecule has 2 aliphatic heterocycles. The lowest BCUT2D eigenvalue weighted by Gasteiger charge is -2.26. The van der Waals surface area contributed by atoms with Crippen molar-refractivity contribution in [3.05, 3.63) is 47.3 Å². The molecule has 0 bridgehead atoms. The van der Waals surface area contributed by atoms with Crippen LogP contribution in [0.25, 0.3) is 0 Å². The van der Waals surface area contributed by atoms with E-state index in [2.05, 4.69) is 28.3 Å². The summed E-state index contributed by atoms with van der Waals surface area (Å²) < 4.78 is 5.40. The van der Waals surface area contributed by atoms with E-state index in [1.54, 1.807) is 0 Å². The topological polar surface area (TPSA) is 49.6 Å². The van der Waals surface area contributed by atoms with Crippen LogP contribution in [0.15, 0.2) is 34.9 Å². The fraction of sp³-hybridized carbons (Fsp3) is 0.444. The maximum Gasteiger partial charge on any atom is 0.242 e. The van der Waals surface area contributed by atoms with E-state index in [0.29, 0.717) is 6.54 Å². The van der Waals surface area contributed by atoms with Gasteiger partial charge in [0, 0.05) is 24.8 Å². The van der Waals surface area contributed by atoms with Gasteiger partial charge in [0.05, 0.1) is 18.3 Å². The summed E-state index contributed by atoms with van der Waals surface area (Å²) in [6, 6.07) is 10.3. The number of fused-ring (bicyclic) bond motifs is 1. The average molecular weight is 311 g/mol. The standard InChI is InChI=1S/C18H21N3O2/c1-13-11-17(23-19-13)16-7-4-9-21(16)18(22)12-20-10-8-14-5-2-3-6-15(14)20/h2-3,5-6,11,16H,4,7-10,12H2,1H3/t16-/m1/s1. The fourth-order valence-electron chi connectivity index (χ4n) is 3.73. The van der Waals surface area contributed by atoms with E-state index in [1.807, 2.05) is 24.0 Å². The van der Waals surface area contributed by atoms with Crippen molar-refractivity contribution in [2.45, 2.75) is 32.2 Å². The van der Waals surface area contributed by atoms with Gasteiger partial charge in [-0.15, -0.1) is 0 Å². The van der Waals surface area contributed by atoms with Gasteiger partial charge in [0.15, 0.2) is 5.76 Å². The van der Waals surface area contributed by atoms with Crippen molar-refractivity contribution in [1.29, 1.82) is 0 Å². The fourth-order valence-corrected chi connectivity index (χ4v) is 3.73. The summed E-state index contributed by atoms with van der Waals surface area (Å²) in [6.07, 6.45) is 3.00. The van der Waals surface area contributed by atoms with Crippen LogP contribution in [0.2, 0.25) is 0 Å². The van der Waals surface area contributed by atoms with Crippen molar-refractivity contribution in [1.82, 2.24) is 10.1 Å². The molecule has 0 spiro atoms. The van der Waals surface area contributed by atoms with Crippen LogP contribution >= 0.6 is 0 Å². The number of benzene rings is 1. The monoisotopic (exact) mass is 311 g/mol. The Morgan fingerprint density at radius 2 is 2.22 bits per heavy atom. The lowest BCUT2D eigenvalue weighted by molar-refractivity contribution is -0.131. The third-order valence-electron chi connectivity index (χ3n) is 4.86. The van der Waals surface area contributed by atoms with E-state index >= 15 is 0 Å². The van der Waals surface area contributed by atoms with E-state index in [1.165, 1.54) is 11.3 Å². The van der Waals surface area contributed by atoms with E-state index in [-0.39, 0.29) is 11.9 Å². The van der Waals surface area contributed by atoms with Crippen LogP contribution in [-0.4, -0.2) is 35.6 Å². The molecule has 1 atom stereocenters. The van der Waals surface area contributed by atoms with Crippen LogP contribution in [0.5, 0.6) is 0 Å². The van der Waals surface area contributed by atoms with Gasteiger partial charge in [-0.05, 0) is 37.8 Å². The first-order valence-corrected chi connectivity index (χ1v) is 8.28. The zero-order valence-electron chi connectivity index (χ0n) is 13.4. The number of aryl methyl sites for hydroxylation is 1. The maximum absolute atomic E-state index is 12.8. The second-order valence-corrected chi connectivity index (χ2v) is 6.42. The van der Waals surface area contributed by atoms with Crippen LogP contribution < -0.4 is 4.90 Å². The molecule has 1 amide bonds. The zero-order valence-corrected chi connectivity index (χ0v) is 13.4. The Morgan fingerprint density at radius 1 is 1.35 bits per heavy atom. The van der Waals surface area contributed by atoms with Gasteiger partial charge < -0.3 is 14.3 Å². The Hall–Kier alpha value is -2.30. The largest absolute Gasteiger partial charge is 0.362 e. The highest BCUT2D eigenvalue weighted by atomic mass is 16.5. The first kappa shape index (κ1) is 14.3. The Labute approximate surface area is 135 Å². The second-order valence-electron chi connectivity index (χ2n) is 6.42. The van der Waals surface area contributed by atoms with Crippen molar-refractivity contribution >= 4 is 11.6 Å². The van der Waals surface area contributed by atoms with E-state index in [4.69, 9.17) is 4.52 Å². The van der Waals surface area contributed by atoms with Gasteiger partial charge in [0.1, 0.15) is 0 Å². The Balaban J connectivity index is 1.49. The summed E-state index contributed by atoms with van der Waals surface area (Å²) in [4.78, 5) is 17.0. The number of hydrogen-bond acceptors (Lipinski definition) is 4. The van der Waals surface area contributed by atoms with Crippen molar-refractivity contribution < 1.29 is 9.32 Å². The maximum atomic E-state index is 12.8. The summed E-state index contributed by atoms with van der Waals surface area (Å²) in [5.74, 6) is 0.994. The van der Waals surface area contributed by atoms with Crippen LogP contribution in [0.4, 0.5) is 5.69 Å². The van der Waals surface area contributed by atoms with E-state index in [9.17, 15) is 4.79 Å². The molecular weight excluding hydrogens is 290 g/mol. The Kier molecular flexibility index (Phi) is 3.56. The van der Waals surface area contributed by atoms with Gasteiger partial charge >= 0.3 is 0 Å². The molecule has 0 N–H and O–H groups in total. The zero-order chi connectivity index (χ0) is 15.8. The number of nitrogens with zero attached hydrogens (tertiary/aromatic N) is 3. The van der Waals surface area contributed by atoms with Crippen molar-refractivity contribution in [3.63, 3.8) is 0 Å². The molecule has 3 heterocycles. The molecular formula is C18H21N3O2. The molecule has 1 fully saturated rings. The van der Waals surface area contributed by atoms with Gasteiger partial charge in [-0.25, -0.2) is 0 Å². The molecule has 1 aromatic carbocycles. The minimum atomic E-state index is 0.0431. The van der Waals surface area contributed by atoms with Crippen LogP contribution in [-0.2, 0) is 11.2 Å². The SMILES string of the molecule is Cc1cc([C@H]2CCCN2C(=O)CN2CCc3ccccc32)on1. The van der Waals surface area contributed by atoms with Gasteiger partial charge in [0.25, 0.3) is 0 Å².